The van der Waals surface area contributed by atoms with Gasteiger partial charge in [-0.25, -0.2) is 8.78 Å². The normalized spacial score (nSPS) is 16.8. The average molecular weight is 487 g/mol. The highest BCUT2D eigenvalue weighted by Crippen LogP contribution is 2.26. The molecule has 146 valence electrons. The molecular weight excluding hydrogens is 463 g/mol. The largest absolute Gasteiger partial charge is 0.365 e. The molecule has 0 bridgehead atoms. The second-order valence-electron chi connectivity index (χ2n) is 6.34. The van der Waals surface area contributed by atoms with Crippen LogP contribution in [0.1, 0.15) is 17.7 Å². The van der Waals surface area contributed by atoms with Crippen molar-refractivity contribution >= 4 is 35.6 Å². The highest BCUT2D eigenvalue weighted by molar-refractivity contribution is 14.0. The number of aliphatic imine (C=N–C) groups is 1. The molecule has 8 heteroatoms. The van der Waals surface area contributed by atoms with Gasteiger partial charge in [0.05, 0.1) is 12.2 Å². The molecule has 1 aromatic heterocycles. The van der Waals surface area contributed by atoms with Gasteiger partial charge in [0, 0.05) is 32.4 Å². The van der Waals surface area contributed by atoms with Crippen molar-refractivity contribution in [2.24, 2.45) is 4.99 Å². The molecule has 1 aromatic carbocycles. The van der Waals surface area contributed by atoms with Crippen molar-refractivity contribution < 1.29 is 8.78 Å². The van der Waals surface area contributed by atoms with Crippen LogP contribution in [0.15, 0.2) is 41.5 Å². The molecule has 1 aliphatic heterocycles. The third-order valence-electron chi connectivity index (χ3n) is 4.55. The van der Waals surface area contributed by atoms with Crippen molar-refractivity contribution in [2.75, 3.05) is 25.0 Å². The predicted molar refractivity (Wildman–Crippen MR) is 115 cm³/mol. The van der Waals surface area contributed by atoms with E-state index in [0.29, 0.717) is 25.6 Å². The fourth-order valence-corrected chi connectivity index (χ4v) is 3.13. The fourth-order valence-electron chi connectivity index (χ4n) is 3.13. The molecule has 1 fully saturated rings. The lowest BCUT2D eigenvalue weighted by atomic mass is 10.2. The Hall–Kier alpha value is -1.97. The molecule has 2 N–H and O–H groups in total. The minimum Gasteiger partial charge on any atom is -0.365 e. The molecule has 27 heavy (non-hydrogen) atoms. The van der Waals surface area contributed by atoms with Crippen molar-refractivity contribution in [3.05, 3.63) is 59.4 Å². The maximum Gasteiger partial charge on any atom is 0.191 e. The second-order valence-corrected chi connectivity index (χ2v) is 6.34. The summed E-state index contributed by atoms with van der Waals surface area (Å²) in [5.74, 6) is -0.409. The molecule has 1 saturated heterocycles. The monoisotopic (exact) mass is 487 g/mol. The topological polar surface area (TPSA) is 52.6 Å². The molecule has 2 heterocycles. The van der Waals surface area contributed by atoms with Crippen LogP contribution in [-0.4, -0.2) is 37.1 Å². The Labute approximate surface area is 175 Å². The van der Waals surface area contributed by atoms with Crippen molar-refractivity contribution in [3.63, 3.8) is 0 Å². The van der Waals surface area contributed by atoms with Gasteiger partial charge in [-0.1, -0.05) is 12.1 Å². The van der Waals surface area contributed by atoms with Gasteiger partial charge in [-0.05, 0) is 37.1 Å². The molecule has 2 aromatic rings. The Bertz CT molecular complexity index is 779. The minimum atomic E-state index is -0.529. The number of para-hydroxylation sites is 1. The van der Waals surface area contributed by atoms with Gasteiger partial charge in [-0.2, -0.15) is 0 Å². The SMILES string of the molecule is CN=C(NCc1ncccc1C)NC1CCN(c2c(F)cccc2F)C1.I. The molecule has 1 unspecified atom stereocenters. The van der Waals surface area contributed by atoms with Crippen LogP contribution in [0.5, 0.6) is 0 Å². The quantitative estimate of drug-likeness (QED) is 0.395. The molecule has 1 atom stereocenters. The van der Waals surface area contributed by atoms with E-state index in [0.717, 1.165) is 17.7 Å². The fraction of sp³-hybridized carbons (Fsp3) is 0.368. The van der Waals surface area contributed by atoms with Crippen LogP contribution in [0.3, 0.4) is 0 Å². The number of pyridine rings is 1. The zero-order chi connectivity index (χ0) is 18.5. The van der Waals surface area contributed by atoms with Crippen molar-refractivity contribution in [1.82, 2.24) is 15.6 Å². The van der Waals surface area contributed by atoms with Crippen molar-refractivity contribution in [1.29, 1.82) is 0 Å². The van der Waals surface area contributed by atoms with E-state index in [2.05, 4.69) is 20.6 Å². The smallest absolute Gasteiger partial charge is 0.191 e. The van der Waals surface area contributed by atoms with Crippen LogP contribution in [0, 0.1) is 18.6 Å². The van der Waals surface area contributed by atoms with Crippen LogP contribution in [0.25, 0.3) is 0 Å². The van der Waals surface area contributed by atoms with E-state index >= 15 is 0 Å². The highest BCUT2D eigenvalue weighted by Gasteiger charge is 2.27. The van der Waals surface area contributed by atoms with Crippen molar-refractivity contribution in [2.45, 2.75) is 25.9 Å². The molecule has 1 aliphatic rings. The number of halogens is 3. The Morgan fingerprint density at radius 1 is 1.26 bits per heavy atom. The zero-order valence-corrected chi connectivity index (χ0v) is 17.7. The summed E-state index contributed by atoms with van der Waals surface area (Å²) in [6.07, 6.45) is 2.54. The van der Waals surface area contributed by atoms with Crippen LogP contribution < -0.4 is 15.5 Å². The lowest BCUT2D eigenvalue weighted by molar-refractivity contribution is 0.576. The van der Waals surface area contributed by atoms with Gasteiger partial charge >= 0.3 is 0 Å². The molecule has 0 amide bonds. The van der Waals surface area contributed by atoms with E-state index < -0.39 is 11.6 Å². The van der Waals surface area contributed by atoms with Crippen LogP contribution in [0.4, 0.5) is 14.5 Å². The van der Waals surface area contributed by atoms with E-state index in [-0.39, 0.29) is 35.7 Å². The number of aromatic nitrogens is 1. The first-order chi connectivity index (χ1) is 12.6. The third-order valence-corrected chi connectivity index (χ3v) is 4.55. The summed E-state index contributed by atoms with van der Waals surface area (Å²) in [7, 11) is 1.70. The zero-order valence-electron chi connectivity index (χ0n) is 15.4. The Morgan fingerprint density at radius 3 is 2.67 bits per heavy atom. The second kappa shape index (κ2) is 9.82. The Morgan fingerprint density at radius 2 is 2.00 bits per heavy atom. The third kappa shape index (κ3) is 5.27. The van der Waals surface area contributed by atoms with E-state index in [1.165, 1.54) is 18.2 Å². The number of nitrogens with zero attached hydrogens (tertiary/aromatic N) is 3. The number of guanidine groups is 1. The first-order valence-corrected chi connectivity index (χ1v) is 8.65. The summed E-state index contributed by atoms with van der Waals surface area (Å²) in [6.45, 7) is 3.68. The van der Waals surface area contributed by atoms with E-state index in [9.17, 15) is 8.78 Å². The summed E-state index contributed by atoms with van der Waals surface area (Å²) in [6, 6.07) is 7.93. The van der Waals surface area contributed by atoms with Crippen LogP contribution in [-0.2, 0) is 6.54 Å². The molecule has 0 saturated carbocycles. The lowest BCUT2D eigenvalue weighted by Crippen LogP contribution is -2.44. The maximum absolute atomic E-state index is 14.0. The first kappa shape index (κ1) is 21.3. The number of nitrogens with one attached hydrogen (secondary N) is 2. The summed E-state index contributed by atoms with van der Waals surface area (Å²) >= 11 is 0. The molecular formula is C19H24F2IN5. The predicted octanol–water partition coefficient (Wildman–Crippen LogP) is 3.23. The minimum absolute atomic E-state index is 0. The van der Waals surface area contributed by atoms with Crippen LogP contribution in [0.2, 0.25) is 0 Å². The van der Waals surface area contributed by atoms with Gasteiger partial charge in [0.15, 0.2) is 5.96 Å². The lowest BCUT2D eigenvalue weighted by Gasteiger charge is -2.21. The number of benzene rings is 1. The van der Waals surface area contributed by atoms with Gasteiger partial charge in [0.1, 0.15) is 17.3 Å². The Kier molecular flexibility index (Phi) is 7.76. The van der Waals surface area contributed by atoms with Gasteiger partial charge in [0.2, 0.25) is 0 Å². The Balaban J connectivity index is 0.00000261. The van der Waals surface area contributed by atoms with Gasteiger partial charge in [0.25, 0.3) is 0 Å². The van der Waals surface area contributed by atoms with Gasteiger partial charge in [-0.3, -0.25) is 9.98 Å². The first-order valence-electron chi connectivity index (χ1n) is 8.65. The number of hydrogen-bond donors (Lipinski definition) is 2. The van der Waals surface area contributed by atoms with E-state index in [1.807, 2.05) is 19.1 Å². The number of hydrogen-bond acceptors (Lipinski definition) is 3. The number of aryl methyl sites for hydroxylation is 1. The van der Waals surface area contributed by atoms with Crippen molar-refractivity contribution in [3.8, 4) is 0 Å². The van der Waals surface area contributed by atoms with E-state index in [4.69, 9.17) is 0 Å². The maximum atomic E-state index is 14.0. The summed E-state index contributed by atoms with van der Waals surface area (Å²) in [5.41, 5.74) is 2.11. The molecule has 3 rings (SSSR count). The molecule has 0 radical (unpaired) electrons. The number of anilines is 1. The number of rotatable bonds is 4. The van der Waals surface area contributed by atoms with Crippen LogP contribution >= 0.6 is 24.0 Å². The molecule has 5 nitrogen and oxygen atoms in total. The molecule has 0 aliphatic carbocycles. The summed E-state index contributed by atoms with van der Waals surface area (Å²) < 4.78 is 27.9. The summed E-state index contributed by atoms with van der Waals surface area (Å²) in [4.78, 5) is 10.3. The highest BCUT2D eigenvalue weighted by atomic mass is 127. The molecule has 0 spiro atoms. The summed E-state index contributed by atoms with van der Waals surface area (Å²) in [5, 5.41) is 6.56. The van der Waals surface area contributed by atoms with E-state index in [1.54, 1.807) is 18.1 Å². The average Bonchev–Trinajstić information content (AvgIpc) is 3.07. The van der Waals surface area contributed by atoms with Gasteiger partial charge < -0.3 is 15.5 Å². The standard InChI is InChI=1S/C19H23F2N5.HI/c1-13-5-4-9-23-17(13)11-24-19(22-2)25-14-8-10-26(12-14)18-15(20)6-3-7-16(18)21;/h3-7,9,14H,8,10-12H2,1-2H3,(H2,22,24,25);1H. The van der Waals surface area contributed by atoms with Gasteiger partial charge in [-0.15, -0.1) is 24.0 Å².